The van der Waals surface area contributed by atoms with Gasteiger partial charge in [0.05, 0.1) is 22.2 Å². The first-order valence-corrected chi connectivity index (χ1v) is 12.7. The van der Waals surface area contributed by atoms with E-state index in [1.165, 1.54) is 6.07 Å². The summed E-state index contributed by atoms with van der Waals surface area (Å²) in [6.07, 6.45) is 1.73. The Morgan fingerprint density at radius 3 is 2.33 bits per heavy atom. The van der Waals surface area contributed by atoms with Crippen LogP contribution in [0.2, 0.25) is 0 Å². The van der Waals surface area contributed by atoms with Crippen LogP contribution in [0.15, 0.2) is 120 Å². The van der Waals surface area contributed by atoms with E-state index in [2.05, 4.69) is 10.3 Å². The average molecular weight is 535 g/mol. The van der Waals surface area contributed by atoms with Crippen LogP contribution >= 0.6 is 12.2 Å². The Morgan fingerprint density at radius 2 is 1.59 bits per heavy atom. The van der Waals surface area contributed by atoms with Crippen LogP contribution in [-0.2, 0) is 0 Å². The minimum Gasteiger partial charge on any atom is -0.459 e. The number of pyridine rings is 1. The first kappa shape index (κ1) is 24.3. The number of furan rings is 1. The summed E-state index contributed by atoms with van der Waals surface area (Å²) in [4.78, 5) is 17.8. The smallest absolute Gasteiger partial charge is 0.280 e. The summed E-state index contributed by atoms with van der Waals surface area (Å²) in [5.41, 5.74) is 2.01. The predicted octanol–water partition coefficient (Wildman–Crippen LogP) is 7.22. The van der Waals surface area contributed by atoms with E-state index in [0.29, 0.717) is 27.9 Å². The number of nitro groups is 1. The van der Waals surface area contributed by atoms with E-state index in [4.69, 9.17) is 21.4 Å². The molecule has 3 aromatic carbocycles. The van der Waals surface area contributed by atoms with Crippen molar-refractivity contribution in [1.29, 1.82) is 0 Å². The fraction of sp³-hybridized carbons (Fsp3) is 0.0667. The van der Waals surface area contributed by atoms with Crippen molar-refractivity contribution < 1.29 is 14.1 Å². The van der Waals surface area contributed by atoms with Gasteiger partial charge in [-0.05, 0) is 78.9 Å². The lowest BCUT2D eigenvalue weighted by Gasteiger charge is -2.26. The Hall–Kier alpha value is -5.02. The number of aromatic nitrogens is 1. The predicted molar refractivity (Wildman–Crippen MR) is 152 cm³/mol. The molecule has 0 bridgehead atoms. The zero-order valence-electron chi connectivity index (χ0n) is 20.5. The van der Waals surface area contributed by atoms with Crippen LogP contribution < -0.4 is 15.0 Å². The summed E-state index contributed by atoms with van der Waals surface area (Å²) < 4.78 is 12.3. The van der Waals surface area contributed by atoms with Crippen molar-refractivity contribution >= 4 is 28.7 Å². The highest BCUT2D eigenvalue weighted by Gasteiger charge is 2.42. The molecule has 39 heavy (non-hydrogen) atoms. The quantitative estimate of drug-likeness (QED) is 0.133. The maximum absolute atomic E-state index is 11.6. The van der Waals surface area contributed by atoms with Crippen LogP contribution in [0.1, 0.15) is 23.5 Å². The van der Waals surface area contributed by atoms with E-state index in [-0.39, 0.29) is 11.7 Å². The summed E-state index contributed by atoms with van der Waals surface area (Å²) >= 11 is 5.79. The van der Waals surface area contributed by atoms with Crippen molar-refractivity contribution in [2.45, 2.75) is 12.1 Å². The van der Waals surface area contributed by atoms with E-state index in [1.54, 1.807) is 30.5 Å². The van der Waals surface area contributed by atoms with Crippen LogP contribution in [0.5, 0.6) is 11.5 Å². The van der Waals surface area contributed by atoms with Crippen LogP contribution in [0.25, 0.3) is 11.3 Å². The molecule has 1 aliphatic rings. The molecule has 0 saturated carbocycles. The molecule has 192 valence electrons. The molecule has 1 aliphatic heterocycles. The van der Waals surface area contributed by atoms with Crippen molar-refractivity contribution in [3.8, 4) is 22.8 Å². The molecule has 9 heteroatoms. The molecule has 2 atom stereocenters. The standard InChI is InChI=1S/C30H22N4O4S/c35-34(36)25-12-5-4-10-23(25)26-17-18-27(38-26)29-28(24-11-6-7-19-31-24)32-30(39)33(29)20-13-15-22(16-14-20)37-21-8-2-1-3-9-21/h1-19,28-29H,(H,32,39)/t28-,29-/m0/s1. The van der Waals surface area contributed by atoms with Crippen LogP contribution in [0, 0.1) is 10.1 Å². The third-order valence-electron chi connectivity index (χ3n) is 6.48. The number of nitro benzene ring substituents is 1. The molecule has 0 amide bonds. The van der Waals surface area contributed by atoms with Crippen molar-refractivity contribution in [1.82, 2.24) is 10.3 Å². The van der Waals surface area contributed by atoms with Gasteiger partial charge in [0, 0.05) is 18.0 Å². The van der Waals surface area contributed by atoms with Gasteiger partial charge in [0.2, 0.25) is 0 Å². The largest absolute Gasteiger partial charge is 0.459 e. The van der Waals surface area contributed by atoms with Gasteiger partial charge in [0.1, 0.15) is 29.1 Å². The zero-order chi connectivity index (χ0) is 26.8. The molecular formula is C30H22N4O4S. The van der Waals surface area contributed by atoms with Gasteiger partial charge in [-0.3, -0.25) is 15.1 Å². The number of hydrogen-bond donors (Lipinski definition) is 1. The van der Waals surface area contributed by atoms with Crippen molar-refractivity contribution in [3.63, 3.8) is 0 Å². The van der Waals surface area contributed by atoms with Crippen molar-refractivity contribution in [2.75, 3.05) is 4.90 Å². The number of ether oxygens (including phenoxy) is 1. The van der Waals surface area contributed by atoms with Gasteiger partial charge < -0.3 is 19.4 Å². The highest BCUT2D eigenvalue weighted by Crippen LogP contribution is 2.44. The number of nitrogens with zero attached hydrogens (tertiary/aromatic N) is 3. The Bertz CT molecular complexity index is 1620. The number of rotatable bonds is 7. The molecule has 2 aromatic heterocycles. The fourth-order valence-corrected chi connectivity index (χ4v) is 5.06. The molecule has 0 radical (unpaired) electrons. The number of nitrogens with one attached hydrogen (secondary N) is 1. The third-order valence-corrected chi connectivity index (χ3v) is 6.79. The van der Waals surface area contributed by atoms with Crippen LogP contribution in [0.3, 0.4) is 0 Å². The molecule has 5 aromatic rings. The first-order chi connectivity index (χ1) is 19.1. The number of anilines is 1. The highest BCUT2D eigenvalue weighted by molar-refractivity contribution is 7.80. The summed E-state index contributed by atoms with van der Waals surface area (Å²) in [7, 11) is 0. The van der Waals surface area contributed by atoms with Gasteiger partial charge >= 0.3 is 0 Å². The highest BCUT2D eigenvalue weighted by atomic mass is 32.1. The third kappa shape index (κ3) is 4.83. The molecule has 3 heterocycles. The SMILES string of the molecule is O=[N+]([O-])c1ccccc1-c1ccc([C@H]2[C@H](c3ccccn3)NC(=S)N2c2ccc(Oc3ccccc3)cc2)o1. The molecule has 0 aliphatic carbocycles. The Morgan fingerprint density at radius 1 is 0.872 bits per heavy atom. The Balaban J connectivity index is 1.38. The van der Waals surface area contributed by atoms with E-state index >= 15 is 0 Å². The number of benzene rings is 3. The molecule has 0 unspecified atom stereocenters. The molecule has 1 saturated heterocycles. The second kappa shape index (κ2) is 10.4. The molecule has 1 N–H and O–H groups in total. The van der Waals surface area contributed by atoms with Gasteiger partial charge in [0.25, 0.3) is 5.69 Å². The van der Waals surface area contributed by atoms with Gasteiger partial charge in [-0.15, -0.1) is 0 Å². The summed E-state index contributed by atoms with van der Waals surface area (Å²) in [5, 5.41) is 15.5. The Kier molecular flexibility index (Phi) is 6.48. The lowest BCUT2D eigenvalue weighted by molar-refractivity contribution is -0.384. The maximum Gasteiger partial charge on any atom is 0.280 e. The summed E-state index contributed by atoms with van der Waals surface area (Å²) in [6.45, 7) is 0. The van der Waals surface area contributed by atoms with Crippen molar-refractivity contribution in [2.24, 2.45) is 0 Å². The molecule has 0 spiro atoms. The zero-order valence-corrected chi connectivity index (χ0v) is 21.3. The van der Waals surface area contributed by atoms with E-state index in [1.807, 2.05) is 83.8 Å². The van der Waals surface area contributed by atoms with Crippen molar-refractivity contribution in [3.05, 3.63) is 137 Å². The van der Waals surface area contributed by atoms with Gasteiger partial charge in [-0.2, -0.15) is 0 Å². The molecular weight excluding hydrogens is 512 g/mol. The second-order valence-corrected chi connectivity index (χ2v) is 9.27. The number of thiocarbonyl (C=S) groups is 1. The van der Waals surface area contributed by atoms with Gasteiger partial charge in [-0.25, -0.2) is 0 Å². The second-order valence-electron chi connectivity index (χ2n) is 8.88. The van der Waals surface area contributed by atoms with Crippen LogP contribution in [0.4, 0.5) is 11.4 Å². The van der Waals surface area contributed by atoms with Crippen LogP contribution in [-0.4, -0.2) is 15.0 Å². The maximum atomic E-state index is 11.6. The molecule has 8 nitrogen and oxygen atoms in total. The number of hydrogen-bond acceptors (Lipinski definition) is 6. The molecule has 1 fully saturated rings. The minimum atomic E-state index is -0.411. The summed E-state index contributed by atoms with van der Waals surface area (Å²) in [6, 6.07) is 32.3. The monoisotopic (exact) mass is 534 g/mol. The number of para-hydroxylation sites is 2. The van der Waals surface area contributed by atoms with E-state index in [9.17, 15) is 10.1 Å². The fourth-order valence-electron chi connectivity index (χ4n) is 4.72. The molecule has 6 rings (SSSR count). The normalized spacial score (nSPS) is 16.6. The summed E-state index contributed by atoms with van der Waals surface area (Å²) in [5.74, 6) is 2.43. The van der Waals surface area contributed by atoms with Gasteiger partial charge in [-0.1, -0.05) is 36.4 Å². The lowest BCUT2D eigenvalue weighted by Crippen LogP contribution is -2.29. The topological polar surface area (TPSA) is 93.7 Å². The lowest BCUT2D eigenvalue weighted by atomic mass is 10.0. The van der Waals surface area contributed by atoms with E-state index < -0.39 is 11.0 Å². The minimum absolute atomic E-state index is 0.0226. The Labute approximate surface area is 229 Å². The average Bonchev–Trinajstić information content (AvgIpc) is 3.59. The van der Waals surface area contributed by atoms with E-state index in [0.717, 1.165) is 17.1 Å². The van der Waals surface area contributed by atoms with Gasteiger partial charge in [0.15, 0.2) is 5.11 Å². The first-order valence-electron chi connectivity index (χ1n) is 12.3.